The molecule has 0 saturated heterocycles. The number of benzene rings is 2. The highest BCUT2D eigenvalue weighted by atomic mass is 32.1. The normalized spacial score (nSPS) is 11.8. The van der Waals surface area contributed by atoms with Crippen LogP contribution in [0, 0.1) is 13.8 Å². The molecule has 0 amide bonds. The molecule has 0 aliphatic rings. The molecule has 26 heavy (non-hydrogen) atoms. The molecule has 0 heterocycles. The van der Waals surface area contributed by atoms with Crippen LogP contribution in [-0.2, 0) is 0 Å². The van der Waals surface area contributed by atoms with E-state index in [1.807, 2.05) is 51.1 Å². The predicted octanol–water partition coefficient (Wildman–Crippen LogP) is 4.84. The molecule has 140 valence electrons. The summed E-state index contributed by atoms with van der Waals surface area (Å²) < 4.78 is 11.5. The SMILES string of the molecule is Cc1ccc(OC[C@H](C)NC(=S)Nc2cccc(OC(C)C)c2)cc1C. The topological polar surface area (TPSA) is 42.5 Å². The van der Waals surface area contributed by atoms with Crippen molar-refractivity contribution in [2.45, 2.75) is 46.8 Å². The van der Waals surface area contributed by atoms with Crippen LogP contribution in [0.4, 0.5) is 5.69 Å². The number of aryl methyl sites for hydroxylation is 2. The molecule has 0 spiro atoms. The van der Waals surface area contributed by atoms with Gasteiger partial charge in [0.1, 0.15) is 18.1 Å². The van der Waals surface area contributed by atoms with E-state index in [-0.39, 0.29) is 12.1 Å². The fourth-order valence-corrected chi connectivity index (χ4v) is 2.70. The van der Waals surface area contributed by atoms with Crippen molar-refractivity contribution >= 4 is 23.0 Å². The highest BCUT2D eigenvalue weighted by Gasteiger charge is 2.07. The summed E-state index contributed by atoms with van der Waals surface area (Å²) in [4.78, 5) is 0. The van der Waals surface area contributed by atoms with Gasteiger partial charge in [0, 0.05) is 11.8 Å². The molecular weight excluding hydrogens is 344 g/mol. The minimum absolute atomic E-state index is 0.0757. The summed E-state index contributed by atoms with van der Waals surface area (Å²) in [6, 6.07) is 14.0. The predicted molar refractivity (Wildman–Crippen MR) is 112 cm³/mol. The molecule has 0 unspecified atom stereocenters. The van der Waals surface area contributed by atoms with E-state index in [1.54, 1.807) is 0 Å². The van der Waals surface area contributed by atoms with E-state index in [0.717, 1.165) is 17.2 Å². The molecule has 5 heteroatoms. The first-order valence-electron chi connectivity index (χ1n) is 8.88. The van der Waals surface area contributed by atoms with E-state index in [0.29, 0.717) is 11.7 Å². The maximum absolute atomic E-state index is 5.85. The molecule has 2 aromatic rings. The molecule has 0 aliphatic heterocycles. The van der Waals surface area contributed by atoms with Crippen molar-refractivity contribution in [2.24, 2.45) is 0 Å². The molecule has 4 nitrogen and oxygen atoms in total. The van der Waals surface area contributed by atoms with Crippen LogP contribution >= 0.6 is 12.2 Å². The largest absolute Gasteiger partial charge is 0.491 e. The van der Waals surface area contributed by atoms with Crippen LogP contribution in [0.5, 0.6) is 11.5 Å². The lowest BCUT2D eigenvalue weighted by atomic mass is 10.1. The summed E-state index contributed by atoms with van der Waals surface area (Å²) in [5.41, 5.74) is 3.38. The Hall–Kier alpha value is -2.27. The van der Waals surface area contributed by atoms with Crippen molar-refractivity contribution in [3.63, 3.8) is 0 Å². The molecule has 2 N–H and O–H groups in total. The fourth-order valence-electron chi connectivity index (χ4n) is 2.38. The highest BCUT2D eigenvalue weighted by Crippen LogP contribution is 2.19. The zero-order valence-electron chi connectivity index (χ0n) is 16.1. The van der Waals surface area contributed by atoms with Crippen molar-refractivity contribution in [1.82, 2.24) is 5.32 Å². The molecule has 0 aromatic heterocycles. The van der Waals surface area contributed by atoms with Gasteiger partial charge in [-0.2, -0.15) is 0 Å². The summed E-state index contributed by atoms with van der Waals surface area (Å²) in [6.45, 7) is 10.7. The summed E-state index contributed by atoms with van der Waals surface area (Å²) in [6.07, 6.45) is 0.137. The van der Waals surface area contributed by atoms with Gasteiger partial charge in [0.25, 0.3) is 0 Å². The third-order valence-electron chi connectivity index (χ3n) is 3.82. The number of rotatable bonds is 7. The number of thiocarbonyl (C=S) groups is 1. The lowest BCUT2D eigenvalue weighted by Gasteiger charge is -2.18. The van der Waals surface area contributed by atoms with Crippen LogP contribution in [0.25, 0.3) is 0 Å². The first-order chi connectivity index (χ1) is 12.3. The Morgan fingerprint density at radius 2 is 1.77 bits per heavy atom. The third-order valence-corrected chi connectivity index (χ3v) is 4.04. The maximum atomic E-state index is 5.85. The quantitative estimate of drug-likeness (QED) is 0.681. The van der Waals surface area contributed by atoms with Gasteiger partial charge in [-0.3, -0.25) is 0 Å². The molecule has 0 saturated carbocycles. The first kappa shape index (κ1) is 20.0. The fraction of sp³-hybridized carbons (Fsp3) is 0.381. The molecule has 2 aromatic carbocycles. The summed E-state index contributed by atoms with van der Waals surface area (Å²) in [5.74, 6) is 1.69. The van der Waals surface area contributed by atoms with Crippen LogP contribution < -0.4 is 20.1 Å². The number of anilines is 1. The van der Waals surface area contributed by atoms with Crippen LogP contribution in [0.1, 0.15) is 31.9 Å². The molecule has 0 fully saturated rings. The Labute approximate surface area is 161 Å². The Bertz CT molecular complexity index is 747. The standard InChI is InChI=1S/C21H28N2O2S/c1-14(2)25-20-8-6-7-18(12-20)23-21(26)22-17(5)13-24-19-10-9-15(3)16(4)11-19/h6-12,14,17H,13H2,1-5H3,(H2,22,23,26)/t17-/m0/s1. The maximum Gasteiger partial charge on any atom is 0.171 e. The minimum atomic E-state index is 0.0757. The minimum Gasteiger partial charge on any atom is -0.491 e. The third kappa shape index (κ3) is 6.56. The van der Waals surface area contributed by atoms with Gasteiger partial charge in [0.2, 0.25) is 0 Å². The van der Waals surface area contributed by atoms with E-state index in [4.69, 9.17) is 21.7 Å². The number of hydrogen-bond acceptors (Lipinski definition) is 3. The summed E-state index contributed by atoms with van der Waals surface area (Å²) in [5, 5.41) is 6.98. The van der Waals surface area contributed by atoms with Gasteiger partial charge < -0.3 is 20.1 Å². The van der Waals surface area contributed by atoms with Crippen molar-refractivity contribution in [2.75, 3.05) is 11.9 Å². The van der Waals surface area contributed by atoms with Gasteiger partial charge in [-0.1, -0.05) is 12.1 Å². The average Bonchev–Trinajstić information content (AvgIpc) is 2.55. The molecule has 1 atom stereocenters. The Kier molecular flexibility index (Phi) is 7.27. The van der Waals surface area contributed by atoms with E-state index >= 15 is 0 Å². The monoisotopic (exact) mass is 372 g/mol. The highest BCUT2D eigenvalue weighted by molar-refractivity contribution is 7.80. The Morgan fingerprint density at radius 1 is 1.00 bits per heavy atom. The number of nitrogens with one attached hydrogen (secondary N) is 2. The number of ether oxygens (including phenoxy) is 2. The van der Waals surface area contributed by atoms with Crippen molar-refractivity contribution in [1.29, 1.82) is 0 Å². The Morgan fingerprint density at radius 3 is 2.46 bits per heavy atom. The van der Waals surface area contributed by atoms with E-state index < -0.39 is 0 Å². The van der Waals surface area contributed by atoms with E-state index in [9.17, 15) is 0 Å². The van der Waals surface area contributed by atoms with E-state index in [1.165, 1.54) is 11.1 Å². The van der Waals surface area contributed by atoms with Crippen LogP contribution in [0.3, 0.4) is 0 Å². The van der Waals surface area contributed by atoms with Gasteiger partial charge in [-0.25, -0.2) is 0 Å². The second kappa shape index (κ2) is 9.43. The van der Waals surface area contributed by atoms with Gasteiger partial charge in [-0.05, 0) is 82.2 Å². The molecule has 2 rings (SSSR count). The second-order valence-corrected chi connectivity index (χ2v) is 7.16. The van der Waals surface area contributed by atoms with Crippen LogP contribution in [0.2, 0.25) is 0 Å². The molecular formula is C21H28N2O2S. The van der Waals surface area contributed by atoms with Crippen LogP contribution in [-0.4, -0.2) is 23.9 Å². The summed E-state index contributed by atoms with van der Waals surface area (Å²) >= 11 is 5.39. The second-order valence-electron chi connectivity index (χ2n) is 6.75. The van der Waals surface area contributed by atoms with Gasteiger partial charge in [0.15, 0.2) is 5.11 Å². The average molecular weight is 373 g/mol. The van der Waals surface area contributed by atoms with Gasteiger partial charge in [-0.15, -0.1) is 0 Å². The lowest BCUT2D eigenvalue weighted by Crippen LogP contribution is -2.39. The van der Waals surface area contributed by atoms with Gasteiger partial charge >= 0.3 is 0 Å². The van der Waals surface area contributed by atoms with E-state index in [2.05, 4.69) is 36.6 Å². The number of hydrogen-bond donors (Lipinski definition) is 2. The molecule has 0 aliphatic carbocycles. The van der Waals surface area contributed by atoms with Crippen molar-refractivity contribution in [3.8, 4) is 11.5 Å². The smallest absolute Gasteiger partial charge is 0.171 e. The molecule has 0 bridgehead atoms. The molecule has 0 radical (unpaired) electrons. The Balaban J connectivity index is 1.82. The first-order valence-corrected chi connectivity index (χ1v) is 9.28. The summed E-state index contributed by atoms with van der Waals surface area (Å²) in [7, 11) is 0. The van der Waals surface area contributed by atoms with Gasteiger partial charge in [0.05, 0.1) is 12.1 Å². The zero-order valence-corrected chi connectivity index (χ0v) is 16.9. The zero-order chi connectivity index (χ0) is 19.1. The van der Waals surface area contributed by atoms with Crippen LogP contribution in [0.15, 0.2) is 42.5 Å². The van der Waals surface area contributed by atoms with Crippen molar-refractivity contribution in [3.05, 3.63) is 53.6 Å². The van der Waals surface area contributed by atoms with Crippen molar-refractivity contribution < 1.29 is 9.47 Å². The lowest BCUT2D eigenvalue weighted by molar-refractivity contribution is 0.242.